The van der Waals surface area contributed by atoms with Crippen molar-refractivity contribution in [3.63, 3.8) is 0 Å². The third-order valence-electron chi connectivity index (χ3n) is 6.92. The highest BCUT2D eigenvalue weighted by molar-refractivity contribution is 5.70. The summed E-state index contributed by atoms with van der Waals surface area (Å²) in [6.07, 6.45) is 3.51. The Balaban J connectivity index is 1.41. The first kappa shape index (κ1) is 24.0. The molecule has 0 radical (unpaired) electrons. The van der Waals surface area contributed by atoms with Crippen molar-refractivity contribution < 1.29 is 24.2 Å². The molecule has 2 unspecified atom stereocenters. The van der Waals surface area contributed by atoms with Gasteiger partial charge in [0.2, 0.25) is 0 Å². The first-order valence-corrected chi connectivity index (χ1v) is 11.9. The number of rotatable bonds is 8. The number of carboxylic acids is 1. The minimum absolute atomic E-state index is 0.0415. The molecule has 0 aromatic carbocycles. The molecule has 4 rings (SSSR count). The summed E-state index contributed by atoms with van der Waals surface area (Å²) < 4.78 is 13.2. The molecule has 10 nitrogen and oxygen atoms in total. The second kappa shape index (κ2) is 9.99. The quantitative estimate of drug-likeness (QED) is 0.622. The van der Waals surface area contributed by atoms with Crippen LogP contribution in [0.5, 0.6) is 5.75 Å². The summed E-state index contributed by atoms with van der Waals surface area (Å²) in [6, 6.07) is 3.63. The number of amides is 1. The van der Waals surface area contributed by atoms with Gasteiger partial charge in [-0.3, -0.25) is 4.79 Å². The number of ether oxygens (including phenoxy) is 2. The van der Waals surface area contributed by atoms with Crippen LogP contribution in [0.2, 0.25) is 0 Å². The van der Waals surface area contributed by atoms with Crippen molar-refractivity contribution in [1.82, 2.24) is 24.9 Å². The van der Waals surface area contributed by atoms with Crippen molar-refractivity contribution in [2.75, 3.05) is 13.6 Å². The minimum Gasteiger partial charge on any atom is -0.489 e. The van der Waals surface area contributed by atoms with Crippen LogP contribution in [0.4, 0.5) is 4.79 Å². The van der Waals surface area contributed by atoms with Gasteiger partial charge in [-0.15, -0.1) is 5.10 Å². The van der Waals surface area contributed by atoms with E-state index in [0.29, 0.717) is 59.7 Å². The number of nitrogens with zero attached hydrogens (tertiary/aromatic N) is 5. The lowest BCUT2D eigenvalue weighted by Crippen LogP contribution is -2.30. The summed E-state index contributed by atoms with van der Waals surface area (Å²) in [4.78, 5) is 30.0. The normalized spacial score (nSPS) is 23.9. The average molecular weight is 472 g/mol. The van der Waals surface area contributed by atoms with Gasteiger partial charge in [-0.25, -0.2) is 14.5 Å². The lowest BCUT2D eigenvalue weighted by Gasteiger charge is -2.27. The van der Waals surface area contributed by atoms with Crippen LogP contribution in [0.25, 0.3) is 11.4 Å². The highest BCUT2D eigenvalue weighted by Gasteiger charge is 2.34. The van der Waals surface area contributed by atoms with Gasteiger partial charge >= 0.3 is 12.1 Å². The van der Waals surface area contributed by atoms with Crippen LogP contribution in [0.3, 0.4) is 0 Å². The van der Waals surface area contributed by atoms with Gasteiger partial charge in [0.1, 0.15) is 23.7 Å². The fourth-order valence-corrected chi connectivity index (χ4v) is 4.52. The number of aliphatic carboxylic acids is 1. The SMILES string of the molecule is Cc1nc(-c2nnn(C)c2COC(=O)N(C)CC2CC2C)ccc1O[C@H]1CCC[C@H](C(=O)O)C1. The third kappa shape index (κ3) is 5.48. The van der Waals surface area contributed by atoms with Gasteiger partial charge in [-0.05, 0) is 63.0 Å². The number of aromatic nitrogens is 4. The van der Waals surface area contributed by atoms with E-state index in [1.165, 1.54) is 0 Å². The summed E-state index contributed by atoms with van der Waals surface area (Å²) in [5, 5.41) is 17.6. The summed E-state index contributed by atoms with van der Waals surface area (Å²) in [7, 11) is 3.51. The van der Waals surface area contributed by atoms with Crippen LogP contribution in [0, 0.1) is 24.7 Å². The first-order chi connectivity index (χ1) is 16.2. The summed E-state index contributed by atoms with van der Waals surface area (Å²) in [6.45, 7) is 4.78. The molecule has 2 aromatic rings. The number of hydrogen-bond acceptors (Lipinski definition) is 7. The maximum atomic E-state index is 12.4. The van der Waals surface area contributed by atoms with Gasteiger partial charge < -0.3 is 19.5 Å². The summed E-state index contributed by atoms with van der Waals surface area (Å²) in [5.41, 5.74) is 2.49. The van der Waals surface area contributed by atoms with Crippen LogP contribution in [-0.2, 0) is 23.2 Å². The fraction of sp³-hybridized carbons (Fsp3) is 0.625. The number of carboxylic acid groups (broad SMARTS) is 1. The Kier molecular flexibility index (Phi) is 7.04. The number of aryl methyl sites for hydroxylation is 2. The topological polar surface area (TPSA) is 120 Å². The largest absolute Gasteiger partial charge is 0.489 e. The standard InChI is InChI=1S/C24H33N5O5/c1-14-10-17(14)12-28(3)24(32)33-13-20-22(26-27-29(20)4)19-8-9-21(15(2)25-19)34-18-7-5-6-16(11-18)23(30)31/h8-9,14,16-18H,5-7,10-13H2,1-4H3,(H,30,31)/t14?,16-,17?,18-/m0/s1. The molecule has 184 valence electrons. The highest BCUT2D eigenvalue weighted by atomic mass is 16.6. The van der Waals surface area contributed by atoms with Crippen molar-refractivity contribution in [2.24, 2.45) is 24.8 Å². The van der Waals surface area contributed by atoms with E-state index in [0.717, 1.165) is 19.3 Å². The Morgan fingerprint density at radius 1 is 1.26 bits per heavy atom. The predicted octanol–water partition coefficient (Wildman–Crippen LogP) is 3.43. The first-order valence-electron chi connectivity index (χ1n) is 11.9. The second-order valence-electron chi connectivity index (χ2n) is 9.64. The van der Waals surface area contributed by atoms with Crippen molar-refractivity contribution in [3.8, 4) is 17.1 Å². The van der Waals surface area contributed by atoms with E-state index in [-0.39, 0.29) is 24.7 Å². The van der Waals surface area contributed by atoms with Crippen LogP contribution in [0.1, 0.15) is 50.4 Å². The molecule has 0 spiro atoms. The van der Waals surface area contributed by atoms with E-state index in [1.54, 1.807) is 29.7 Å². The second-order valence-corrected chi connectivity index (χ2v) is 9.64. The molecule has 2 aliphatic carbocycles. The molecule has 10 heteroatoms. The molecular weight excluding hydrogens is 438 g/mol. The Hall–Kier alpha value is -3.17. The van der Waals surface area contributed by atoms with Gasteiger partial charge in [0, 0.05) is 20.6 Å². The van der Waals surface area contributed by atoms with Crippen LogP contribution >= 0.6 is 0 Å². The van der Waals surface area contributed by atoms with Gasteiger partial charge in [0.05, 0.1) is 23.4 Å². The molecular formula is C24H33N5O5. The molecule has 2 aromatic heterocycles. The van der Waals surface area contributed by atoms with Gasteiger partial charge in [0.15, 0.2) is 0 Å². The average Bonchev–Trinajstić information content (AvgIpc) is 3.37. The molecule has 2 heterocycles. The van der Waals surface area contributed by atoms with Crippen molar-refractivity contribution >= 4 is 12.1 Å². The lowest BCUT2D eigenvalue weighted by molar-refractivity contribution is -0.143. The van der Waals surface area contributed by atoms with E-state index < -0.39 is 5.97 Å². The molecule has 2 fully saturated rings. The van der Waals surface area contributed by atoms with Crippen molar-refractivity contribution in [2.45, 2.75) is 58.7 Å². The smallest absolute Gasteiger partial charge is 0.409 e. The molecule has 34 heavy (non-hydrogen) atoms. The van der Waals surface area contributed by atoms with E-state index in [4.69, 9.17) is 9.47 Å². The zero-order valence-corrected chi connectivity index (χ0v) is 20.2. The van der Waals surface area contributed by atoms with E-state index in [1.807, 2.05) is 13.0 Å². The fourth-order valence-electron chi connectivity index (χ4n) is 4.52. The van der Waals surface area contributed by atoms with Crippen LogP contribution in [0.15, 0.2) is 12.1 Å². The lowest BCUT2D eigenvalue weighted by atomic mass is 9.87. The maximum Gasteiger partial charge on any atom is 0.409 e. The molecule has 1 amide bonds. The zero-order chi connectivity index (χ0) is 24.4. The molecule has 0 bridgehead atoms. The molecule has 0 aliphatic heterocycles. The van der Waals surface area contributed by atoms with Crippen molar-refractivity contribution in [3.05, 3.63) is 23.5 Å². The number of carbonyl (C=O) groups is 2. The Morgan fingerprint density at radius 3 is 2.71 bits per heavy atom. The summed E-state index contributed by atoms with van der Waals surface area (Å²) >= 11 is 0. The highest BCUT2D eigenvalue weighted by Crippen LogP contribution is 2.38. The van der Waals surface area contributed by atoms with Crippen molar-refractivity contribution in [1.29, 1.82) is 0 Å². The number of hydrogen-bond donors (Lipinski definition) is 1. The molecule has 2 saturated carbocycles. The van der Waals surface area contributed by atoms with Crippen LogP contribution in [-0.4, -0.2) is 61.7 Å². The van der Waals surface area contributed by atoms with Crippen LogP contribution < -0.4 is 4.74 Å². The Labute approximate surface area is 199 Å². The van der Waals surface area contributed by atoms with E-state index in [2.05, 4.69) is 22.2 Å². The van der Waals surface area contributed by atoms with Gasteiger partial charge in [0.25, 0.3) is 0 Å². The van der Waals surface area contributed by atoms with Gasteiger partial charge in [-0.2, -0.15) is 0 Å². The number of carbonyl (C=O) groups excluding carboxylic acids is 1. The third-order valence-corrected chi connectivity index (χ3v) is 6.92. The molecule has 4 atom stereocenters. The Bertz CT molecular complexity index is 1050. The van der Waals surface area contributed by atoms with Gasteiger partial charge in [-0.1, -0.05) is 12.1 Å². The summed E-state index contributed by atoms with van der Waals surface area (Å²) in [5.74, 6) is 0.738. The van der Waals surface area contributed by atoms with E-state index >= 15 is 0 Å². The monoisotopic (exact) mass is 471 g/mol. The zero-order valence-electron chi connectivity index (χ0n) is 20.2. The minimum atomic E-state index is -0.761. The molecule has 1 N–H and O–H groups in total. The predicted molar refractivity (Wildman–Crippen MR) is 123 cm³/mol. The maximum absolute atomic E-state index is 12.4. The van der Waals surface area contributed by atoms with E-state index in [9.17, 15) is 14.7 Å². The molecule has 0 saturated heterocycles. The molecule has 2 aliphatic rings. The number of pyridine rings is 1. The Morgan fingerprint density at radius 2 is 2.03 bits per heavy atom.